The van der Waals surface area contributed by atoms with E-state index in [4.69, 9.17) is 9.47 Å². The van der Waals surface area contributed by atoms with Crippen LogP contribution in [0.5, 0.6) is 11.5 Å². The zero-order chi connectivity index (χ0) is 23.1. The monoisotopic (exact) mass is 431 g/mol. The van der Waals surface area contributed by atoms with Crippen LogP contribution in [-0.2, 0) is 5.60 Å². The molecule has 3 heteroatoms. The summed E-state index contributed by atoms with van der Waals surface area (Å²) in [6.45, 7) is 6.08. The molecule has 0 radical (unpaired) electrons. The second-order valence-corrected chi connectivity index (χ2v) is 9.27. The number of rotatable bonds is 3. The number of hydrogen-bond acceptors (Lipinski definition) is 3. The summed E-state index contributed by atoms with van der Waals surface area (Å²) < 4.78 is 12.8. The first kappa shape index (κ1) is 20.8. The molecule has 0 amide bonds. The van der Waals surface area contributed by atoms with Gasteiger partial charge in [0.2, 0.25) is 0 Å². The van der Waals surface area contributed by atoms with Crippen molar-refractivity contribution < 1.29 is 9.47 Å². The van der Waals surface area contributed by atoms with E-state index >= 15 is 0 Å². The normalized spacial score (nSPS) is 17.2. The van der Waals surface area contributed by atoms with Gasteiger partial charge in [0.1, 0.15) is 17.1 Å². The van der Waals surface area contributed by atoms with Gasteiger partial charge < -0.3 is 9.47 Å². The lowest BCUT2D eigenvalue weighted by Gasteiger charge is -2.37. The average Bonchev–Trinajstić information content (AvgIpc) is 2.83. The Bertz CT molecular complexity index is 1400. The number of benzene rings is 4. The van der Waals surface area contributed by atoms with Crippen LogP contribution < -0.4 is 9.47 Å². The van der Waals surface area contributed by atoms with E-state index in [2.05, 4.69) is 36.4 Å². The minimum atomic E-state index is -0.929. The number of nitrogens with zero attached hydrogens (tertiary/aromatic N) is 1. The summed E-state index contributed by atoms with van der Waals surface area (Å²) in [6, 6.07) is 30.3. The molecule has 5 rings (SSSR count). The van der Waals surface area contributed by atoms with Gasteiger partial charge in [0.15, 0.2) is 5.60 Å². The van der Waals surface area contributed by atoms with Gasteiger partial charge in [-0.3, -0.25) is 0 Å². The standard InChI is InChI=1S/C30H25NO2/c1-29(2,3)32-24-15-13-23(14-16-24)30(27-11-7-5-9-22(27)20-31)19-18-26-25-10-6-4-8-21(25)12-17-28(26)33-30/h4-19H,1-3H3. The van der Waals surface area contributed by atoms with E-state index in [0.29, 0.717) is 5.56 Å². The van der Waals surface area contributed by atoms with Crippen molar-refractivity contribution in [2.24, 2.45) is 0 Å². The van der Waals surface area contributed by atoms with Gasteiger partial charge in [-0.05, 0) is 68.0 Å². The fraction of sp³-hybridized carbons (Fsp3) is 0.167. The maximum Gasteiger partial charge on any atom is 0.179 e. The second kappa shape index (κ2) is 7.83. The van der Waals surface area contributed by atoms with Gasteiger partial charge in [-0.1, -0.05) is 60.7 Å². The highest BCUT2D eigenvalue weighted by Crippen LogP contribution is 2.45. The third kappa shape index (κ3) is 3.75. The van der Waals surface area contributed by atoms with E-state index in [1.807, 2.05) is 87.5 Å². The molecule has 4 aromatic rings. The summed E-state index contributed by atoms with van der Waals surface area (Å²) in [5, 5.41) is 12.2. The lowest BCUT2D eigenvalue weighted by atomic mass is 9.81. The Morgan fingerprint density at radius 1 is 0.848 bits per heavy atom. The number of fused-ring (bicyclic) bond motifs is 3. The highest BCUT2D eigenvalue weighted by molar-refractivity contribution is 5.94. The Kier molecular flexibility index (Phi) is 4.95. The molecule has 3 nitrogen and oxygen atoms in total. The van der Waals surface area contributed by atoms with E-state index in [1.165, 1.54) is 0 Å². The Balaban J connectivity index is 1.69. The van der Waals surface area contributed by atoms with Crippen molar-refractivity contribution >= 4 is 16.8 Å². The minimum Gasteiger partial charge on any atom is -0.488 e. The molecule has 33 heavy (non-hydrogen) atoms. The van der Waals surface area contributed by atoms with Gasteiger partial charge in [0.25, 0.3) is 0 Å². The van der Waals surface area contributed by atoms with Gasteiger partial charge in [-0.15, -0.1) is 0 Å². The highest BCUT2D eigenvalue weighted by atomic mass is 16.5. The van der Waals surface area contributed by atoms with Crippen LogP contribution in [0.4, 0.5) is 0 Å². The predicted molar refractivity (Wildman–Crippen MR) is 132 cm³/mol. The Labute approximate surface area is 194 Å². The zero-order valence-electron chi connectivity index (χ0n) is 19.0. The molecule has 1 atom stereocenters. The Morgan fingerprint density at radius 3 is 2.33 bits per heavy atom. The molecule has 1 unspecified atom stereocenters. The Morgan fingerprint density at radius 2 is 1.58 bits per heavy atom. The molecule has 0 bridgehead atoms. The van der Waals surface area contributed by atoms with Crippen LogP contribution in [0, 0.1) is 11.3 Å². The topological polar surface area (TPSA) is 42.2 Å². The van der Waals surface area contributed by atoms with Gasteiger partial charge >= 0.3 is 0 Å². The largest absolute Gasteiger partial charge is 0.488 e. The highest BCUT2D eigenvalue weighted by Gasteiger charge is 2.39. The molecule has 0 saturated heterocycles. The fourth-order valence-corrected chi connectivity index (χ4v) is 4.43. The smallest absolute Gasteiger partial charge is 0.179 e. The van der Waals surface area contributed by atoms with Crippen molar-refractivity contribution in [3.8, 4) is 17.6 Å². The van der Waals surface area contributed by atoms with E-state index < -0.39 is 5.60 Å². The molecular weight excluding hydrogens is 406 g/mol. The van der Waals surface area contributed by atoms with Crippen LogP contribution in [0.15, 0.2) is 91.0 Å². The van der Waals surface area contributed by atoms with E-state index in [9.17, 15) is 5.26 Å². The van der Waals surface area contributed by atoms with Gasteiger partial charge in [0, 0.05) is 16.7 Å². The molecule has 1 aliphatic heterocycles. The number of ether oxygens (including phenoxy) is 2. The Hall–Kier alpha value is -4.03. The number of nitriles is 1. The van der Waals surface area contributed by atoms with Crippen LogP contribution in [0.1, 0.15) is 43.0 Å². The molecule has 0 fully saturated rings. The van der Waals surface area contributed by atoms with E-state index in [-0.39, 0.29) is 5.60 Å². The third-order valence-electron chi connectivity index (χ3n) is 5.84. The van der Waals surface area contributed by atoms with Crippen LogP contribution >= 0.6 is 0 Å². The predicted octanol–water partition coefficient (Wildman–Crippen LogP) is 7.24. The molecular formula is C30H25NO2. The van der Waals surface area contributed by atoms with E-state index in [0.717, 1.165) is 39.0 Å². The summed E-state index contributed by atoms with van der Waals surface area (Å²) in [5.74, 6) is 1.58. The lowest BCUT2D eigenvalue weighted by Crippen LogP contribution is -2.35. The van der Waals surface area contributed by atoms with Crippen molar-refractivity contribution in [1.29, 1.82) is 5.26 Å². The maximum absolute atomic E-state index is 9.87. The van der Waals surface area contributed by atoms with Crippen LogP contribution in [0.25, 0.3) is 16.8 Å². The average molecular weight is 432 g/mol. The van der Waals surface area contributed by atoms with Crippen molar-refractivity contribution in [2.45, 2.75) is 32.0 Å². The van der Waals surface area contributed by atoms with Gasteiger partial charge in [-0.25, -0.2) is 0 Å². The molecule has 0 saturated carbocycles. The molecule has 162 valence electrons. The van der Waals surface area contributed by atoms with Gasteiger partial charge in [0.05, 0.1) is 11.6 Å². The van der Waals surface area contributed by atoms with Crippen molar-refractivity contribution in [3.05, 3.63) is 113 Å². The summed E-state index contributed by atoms with van der Waals surface area (Å²) in [5.41, 5.74) is 2.16. The summed E-state index contributed by atoms with van der Waals surface area (Å²) in [6.07, 6.45) is 4.19. The molecule has 1 aliphatic rings. The number of hydrogen-bond donors (Lipinski definition) is 0. The first-order chi connectivity index (χ1) is 15.9. The quantitative estimate of drug-likeness (QED) is 0.343. The van der Waals surface area contributed by atoms with Crippen LogP contribution in [0.3, 0.4) is 0 Å². The molecule has 1 heterocycles. The SMILES string of the molecule is CC(C)(C)Oc1ccc(C2(c3ccccc3C#N)C=Cc3c(ccc4ccccc34)O2)cc1. The molecule has 0 N–H and O–H groups in total. The maximum atomic E-state index is 9.87. The third-order valence-corrected chi connectivity index (χ3v) is 5.84. The molecule has 4 aromatic carbocycles. The summed E-state index contributed by atoms with van der Waals surface area (Å²) in [7, 11) is 0. The first-order valence-electron chi connectivity index (χ1n) is 11.1. The summed E-state index contributed by atoms with van der Waals surface area (Å²) >= 11 is 0. The van der Waals surface area contributed by atoms with Crippen molar-refractivity contribution in [2.75, 3.05) is 0 Å². The molecule has 0 aliphatic carbocycles. The first-order valence-corrected chi connectivity index (χ1v) is 11.1. The van der Waals surface area contributed by atoms with Crippen molar-refractivity contribution in [3.63, 3.8) is 0 Å². The van der Waals surface area contributed by atoms with Crippen molar-refractivity contribution in [1.82, 2.24) is 0 Å². The summed E-state index contributed by atoms with van der Waals surface area (Å²) in [4.78, 5) is 0. The molecule has 0 spiro atoms. The second-order valence-electron chi connectivity index (χ2n) is 9.27. The van der Waals surface area contributed by atoms with Crippen LogP contribution in [-0.4, -0.2) is 5.60 Å². The minimum absolute atomic E-state index is 0.284. The van der Waals surface area contributed by atoms with Gasteiger partial charge in [-0.2, -0.15) is 5.26 Å². The van der Waals surface area contributed by atoms with Crippen LogP contribution in [0.2, 0.25) is 0 Å². The lowest BCUT2D eigenvalue weighted by molar-refractivity contribution is 0.130. The zero-order valence-corrected chi connectivity index (χ0v) is 19.0. The van der Waals surface area contributed by atoms with E-state index in [1.54, 1.807) is 0 Å². The fourth-order valence-electron chi connectivity index (χ4n) is 4.43. The molecule has 0 aromatic heterocycles.